The molecule has 2 aromatic rings. The van der Waals surface area contributed by atoms with Crippen LogP contribution < -0.4 is 5.32 Å². The second-order valence-electron chi connectivity index (χ2n) is 4.53. The normalized spacial score (nSPS) is 14.4. The van der Waals surface area contributed by atoms with Crippen LogP contribution in [0.5, 0.6) is 0 Å². The topological polar surface area (TPSA) is 29.9 Å². The van der Waals surface area contributed by atoms with Crippen molar-refractivity contribution in [3.63, 3.8) is 0 Å². The molecule has 1 aromatic carbocycles. The molecule has 0 fully saturated rings. The van der Waals surface area contributed by atoms with E-state index in [0.29, 0.717) is 0 Å². The van der Waals surface area contributed by atoms with Gasteiger partial charge in [-0.2, -0.15) is 0 Å². The lowest BCUT2D eigenvalue weighted by atomic mass is 10.1. The highest BCUT2D eigenvalue weighted by atomic mass is 79.9. The minimum Gasteiger partial charge on any atom is -0.337 e. The van der Waals surface area contributed by atoms with Crippen molar-refractivity contribution in [3.05, 3.63) is 52.5 Å². The van der Waals surface area contributed by atoms with Gasteiger partial charge in [0.2, 0.25) is 0 Å². The predicted octanol–water partition coefficient (Wildman–Crippen LogP) is 3.59. The molecule has 4 heteroatoms. The van der Waals surface area contributed by atoms with Crippen molar-refractivity contribution in [3.8, 4) is 0 Å². The molecule has 0 saturated carbocycles. The summed E-state index contributed by atoms with van der Waals surface area (Å²) in [7, 11) is 2.02. The summed E-state index contributed by atoms with van der Waals surface area (Å²) in [4.78, 5) is 4.37. The summed E-state index contributed by atoms with van der Waals surface area (Å²) in [6.07, 6.45) is 3.80. The largest absolute Gasteiger partial charge is 0.337 e. The zero-order valence-electron chi connectivity index (χ0n) is 10.9. The average Bonchev–Trinajstić information content (AvgIpc) is 2.76. The summed E-state index contributed by atoms with van der Waals surface area (Å²) in [5, 5.41) is 3.57. The van der Waals surface area contributed by atoms with E-state index in [0.717, 1.165) is 10.3 Å². The molecule has 2 atom stereocenters. The van der Waals surface area contributed by atoms with Crippen molar-refractivity contribution < 1.29 is 0 Å². The number of halogens is 1. The number of hydrogen-bond donors (Lipinski definition) is 1. The van der Waals surface area contributed by atoms with Crippen LogP contribution in [0.2, 0.25) is 0 Å². The lowest BCUT2D eigenvalue weighted by Crippen LogP contribution is -2.24. The first-order valence-electron chi connectivity index (χ1n) is 6.07. The Morgan fingerprint density at radius 2 is 1.94 bits per heavy atom. The zero-order valence-corrected chi connectivity index (χ0v) is 12.5. The van der Waals surface area contributed by atoms with Crippen LogP contribution in [-0.2, 0) is 7.05 Å². The number of benzene rings is 1. The van der Waals surface area contributed by atoms with Crippen LogP contribution in [0.4, 0.5) is 0 Å². The van der Waals surface area contributed by atoms with Crippen molar-refractivity contribution in [2.24, 2.45) is 7.05 Å². The Morgan fingerprint density at radius 1 is 1.22 bits per heavy atom. The Balaban J connectivity index is 2.11. The summed E-state index contributed by atoms with van der Waals surface area (Å²) < 4.78 is 3.18. The van der Waals surface area contributed by atoms with Crippen LogP contribution in [0, 0.1) is 0 Å². The maximum atomic E-state index is 4.37. The highest BCUT2D eigenvalue weighted by Crippen LogP contribution is 2.24. The fourth-order valence-electron chi connectivity index (χ4n) is 2.16. The van der Waals surface area contributed by atoms with Crippen molar-refractivity contribution >= 4 is 15.9 Å². The van der Waals surface area contributed by atoms with E-state index in [9.17, 15) is 0 Å². The Hall–Kier alpha value is -1.13. The van der Waals surface area contributed by atoms with Crippen LogP contribution in [0.3, 0.4) is 0 Å². The van der Waals surface area contributed by atoms with E-state index >= 15 is 0 Å². The van der Waals surface area contributed by atoms with Crippen molar-refractivity contribution in [1.29, 1.82) is 0 Å². The first kappa shape index (κ1) is 13.3. The summed E-state index contributed by atoms with van der Waals surface area (Å²) in [5.41, 5.74) is 1.26. The number of aryl methyl sites for hydroxylation is 1. The van der Waals surface area contributed by atoms with E-state index in [1.165, 1.54) is 5.56 Å². The minimum atomic E-state index is 0.215. The molecule has 0 spiro atoms. The first-order valence-corrected chi connectivity index (χ1v) is 6.86. The molecule has 0 aliphatic rings. The summed E-state index contributed by atoms with van der Waals surface area (Å²) >= 11 is 3.59. The number of nitrogens with zero attached hydrogens (tertiary/aromatic N) is 2. The third-order valence-electron chi connectivity index (χ3n) is 3.12. The lowest BCUT2D eigenvalue weighted by molar-refractivity contribution is 0.466. The number of hydrogen-bond acceptors (Lipinski definition) is 2. The van der Waals surface area contributed by atoms with Gasteiger partial charge in [-0.05, 0) is 25.5 Å². The molecule has 3 nitrogen and oxygen atoms in total. The molecule has 1 N–H and O–H groups in total. The molecule has 0 aliphatic heterocycles. The quantitative estimate of drug-likeness (QED) is 0.935. The minimum absolute atomic E-state index is 0.215. The Kier molecular flexibility index (Phi) is 4.19. The maximum absolute atomic E-state index is 4.37. The van der Waals surface area contributed by atoms with Gasteiger partial charge in [0, 0.05) is 30.0 Å². The lowest BCUT2D eigenvalue weighted by Gasteiger charge is -2.21. The highest BCUT2D eigenvalue weighted by Gasteiger charge is 2.15. The number of aromatic nitrogens is 2. The fourth-order valence-corrected chi connectivity index (χ4v) is 2.79. The van der Waals surface area contributed by atoms with Crippen LogP contribution in [-0.4, -0.2) is 9.55 Å². The highest BCUT2D eigenvalue weighted by molar-refractivity contribution is 9.10. The van der Waals surface area contributed by atoms with Gasteiger partial charge in [-0.25, -0.2) is 4.98 Å². The number of rotatable bonds is 4. The molecule has 96 valence electrons. The van der Waals surface area contributed by atoms with Gasteiger partial charge in [-0.1, -0.05) is 34.1 Å². The van der Waals surface area contributed by atoms with Gasteiger partial charge in [0.25, 0.3) is 0 Å². The average molecular weight is 308 g/mol. The second-order valence-corrected chi connectivity index (χ2v) is 5.38. The third-order valence-corrected chi connectivity index (χ3v) is 3.84. The fraction of sp³-hybridized carbons (Fsp3) is 0.357. The summed E-state index contributed by atoms with van der Waals surface area (Å²) in [6.45, 7) is 4.30. The molecule has 18 heavy (non-hydrogen) atoms. The predicted molar refractivity (Wildman–Crippen MR) is 77.3 cm³/mol. The van der Waals surface area contributed by atoms with E-state index in [2.05, 4.69) is 58.3 Å². The summed E-state index contributed by atoms with van der Waals surface area (Å²) in [5.74, 6) is 1.05. The van der Waals surface area contributed by atoms with Gasteiger partial charge in [0.15, 0.2) is 0 Å². The zero-order chi connectivity index (χ0) is 13.1. The third kappa shape index (κ3) is 2.82. The smallest absolute Gasteiger partial charge is 0.125 e. The van der Waals surface area contributed by atoms with Gasteiger partial charge in [-0.3, -0.25) is 0 Å². The van der Waals surface area contributed by atoms with Crippen LogP contribution >= 0.6 is 15.9 Å². The molecule has 0 amide bonds. The molecule has 2 rings (SSSR count). The summed E-state index contributed by atoms with van der Waals surface area (Å²) in [6, 6.07) is 8.78. The molecule has 0 unspecified atom stereocenters. The van der Waals surface area contributed by atoms with Gasteiger partial charge in [0.1, 0.15) is 5.82 Å². The first-order chi connectivity index (χ1) is 8.59. The van der Waals surface area contributed by atoms with Crippen LogP contribution in [0.15, 0.2) is 41.1 Å². The van der Waals surface area contributed by atoms with Gasteiger partial charge < -0.3 is 9.88 Å². The monoisotopic (exact) mass is 307 g/mol. The molecule has 1 heterocycles. The van der Waals surface area contributed by atoms with E-state index in [1.807, 2.05) is 30.1 Å². The van der Waals surface area contributed by atoms with Crippen molar-refractivity contribution in [1.82, 2.24) is 14.9 Å². The number of nitrogens with one attached hydrogen (secondary N) is 1. The van der Waals surface area contributed by atoms with Gasteiger partial charge in [0.05, 0.1) is 6.04 Å². The molecule has 0 radical (unpaired) electrons. The molecule has 0 aliphatic carbocycles. The standard InChI is InChI=1S/C14H18BrN3/c1-10(12-6-4-5-7-13(12)15)17-11(2)14-16-8-9-18(14)3/h4-11,17H,1-3H3/t10-,11-/m1/s1. The van der Waals surface area contributed by atoms with Crippen molar-refractivity contribution in [2.45, 2.75) is 25.9 Å². The van der Waals surface area contributed by atoms with Gasteiger partial charge in [-0.15, -0.1) is 0 Å². The Morgan fingerprint density at radius 3 is 2.56 bits per heavy atom. The molecular formula is C14H18BrN3. The molecule has 0 bridgehead atoms. The SMILES string of the molecule is C[C@@H](N[C@H](C)c1nccn1C)c1ccccc1Br. The van der Waals surface area contributed by atoms with E-state index in [-0.39, 0.29) is 12.1 Å². The molecule has 0 saturated heterocycles. The second kappa shape index (κ2) is 5.67. The maximum Gasteiger partial charge on any atom is 0.125 e. The van der Waals surface area contributed by atoms with Crippen LogP contribution in [0.1, 0.15) is 37.3 Å². The van der Waals surface area contributed by atoms with Crippen LogP contribution in [0.25, 0.3) is 0 Å². The van der Waals surface area contributed by atoms with E-state index in [1.54, 1.807) is 0 Å². The van der Waals surface area contributed by atoms with Gasteiger partial charge >= 0.3 is 0 Å². The van der Waals surface area contributed by atoms with Crippen molar-refractivity contribution in [2.75, 3.05) is 0 Å². The molecule has 1 aromatic heterocycles. The number of imidazole rings is 1. The molecular weight excluding hydrogens is 290 g/mol. The van der Waals surface area contributed by atoms with E-state index < -0.39 is 0 Å². The Bertz CT molecular complexity index is 521. The Labute approximate surface area is 116 Å². The van der Waals surface area contributed by atoms with E-state index in [4.69, 9.17) is 0 Å².